The van der Waals surface area contributed by atoms with Gasteiger partial charge in [-0.15, -0.1) is 0 Å². The molecule has 5 heteroatoms. The Balaban J connectivity index is 1.92. The van der Waals surface area contributed by atoms with Crippen LogP contribution in [0.5, 0.6) is 0 Å². The second-order valence-electron chi connectivity index (χ2n) is 4.48. The van der Waals surface area contributed by atoms with Crippen LogP contribution in [-0.2, 0) is 13.0 Å². The highest BCUT2D eigenvalue weighted by molar-refractivity contribution is 6.31. The van der Waals surface area contributed by atoms with Crippen molar-refractivity contribution in [2.24, 2.45) is 0 Å². The minimum atomic E-state index is 0.134. The predicted molar refractivity (Wildman–Crippen MR) is 75.0 cm³/mol. The molecule has 0 aliphatic heterocycles. The first kappa shape index (κ1) is 14.0. The van der Waals surface area contributed by atoms with Crippen LogP contribution in [0.2, 0.25) is 5.02 Å². The van der Waals surface area contributed by atoms with E-state index in [-0.39, 0.29) is 6.04 Å². The Kier molecular flexibility index (Phi) is 4.93. The lowest BCUT2D eigenvalue weighted by Crippen LogP contribution is -2.18. The quantitative estimate of drug-likeness (QED) is 0.879. The second kappa shape index (κ2) is 6.68. The van der Waals surface area contributed by atoms with E-state index >= 15 is 0 Å². The van der Waals surface area contributed by atoms with Crippen molar-refractivity contribution in [1.29, 1.82) is 0 Å². The summed E-state index contributed by atoms with van der Waals surface area (Å²) in [6.45, 7) is 4.70. The van der Waals surface area contributed by atoms with Gasteiger partial charge in [-0.05, 0) is 25.0 Å². The van der Waals surface area contributed by atoms with Gasteiger partial charge in [-0.2, -0.15) is 4.98 Å². The number of hydrogen-bond donors (Lipinski definition) is 1. The molecule has 0 radical (unpaired) electrons. The maximum Gasteiger partial charge on any atom is 0.240 e. The SMILES string of the molecule is CCCc1noc(CN[C@H](C)c2ccccc2Cl)n1. The summed E-state index contributed by atoms with van der Waals surface area (Å²) >= 11 is 6.15. The lowest BCUT2D eigenvalue weighted by molar-refractivity contribution is 0.356. The van der Waals surface area contributed by atoms with E-state index in [0.29, 0.717) is 12.4 Å². The molecule has 4 nitrogen and oxygen atoms in total. The molecule has 0 fully saturated rings. The van der Waals surface area contributed by atoms with Crippen LogP contribution >= 0.6 is 11.6 Å². The molecule has 0 bridgehead atoms. The third-order valence-corrected chi connectivity index (χ3v) is 3.26. The first-order valence-corrected chi connectivity index (χ1v) is 6.87. The molecule has 102 valence electrons. The van der Waals surface area contributed by atoms with Gasteiger partial charge in [-0.25, -0.2) is 0 Å². The summed E-state index contributed by atoms with van der Waals surface area (Å²) in [5.74, 6) is 1.38. The maximum atomic E-state index is 6.15. The molecular weight excluding hydrogens is 262 g/mol. The molecule has 0 aliphatic carbocycles. The van der Waals surface area contributed by atoms with Gasteiger partial charge in [0.05, 0.1) is 6.54 Å². The predicted octanol–water partition coefficient (Wildman–Crippen LogP) is 3.53. The third-order valence-electron chi connectivity index (χ3n) is 2.91. The van der Waals surface area contributed by atoms with Gasteiger partial charge in [0.1, 0.15) is 0 Å². The number of benzene rings is 1. The number of hydrogen-bond acceptors (Lipinski definition) is 4. The van der Waals surface area contributed by atoms with Crippen LogP contribution in [0, 0.1) is 0 Å². The summed E-state index contributed by atoms with van der Waals surface area (Å²) in [7, 11) is 0. The fraction of sp³-hybridized carbons (Fsp3) is 0.429. The Morgan fingerprint density at radius 2 is 2.16 bits per heavy atom. The molecule has 1 N–H and O–H groups in total. The smallest absolute Gasteiger partial charge is 0.240 e. The molecule has 1 aromatic carbocycles. The maximum absolute atomic E-state index is 6.15. The molecule has 2 rings (SSSR count). The Labute approximate surface area is 118 Å². The average Bonchev–Trinajstić information content (AvgIpc) is 2.85. The van der Waals surface area contributed by atoms with E-state index in [1.54, 1.807) is 0 Å². The zero-order chi connectivity index (χ0) is 13.7. The van der Waals surface area contributed by atoms with E-state index in [1.165, 1.54) is 0 Å². The molecule has 0 unspecified atom stereocenters. The van der Waals surface area contributed by atoms with Crippen LogP contribution in [0.25, 0.3) is 0 Å². The molecule has 0 spiro atoms. The van der Waals surface area contributed by atoms with Gasteiger partial charge in [0.15, 0.2) is 5.82 Å². The molecule has 2 aromatic rings. The van der Waals surface area contributed by atoms with Crippen LogP contribution in [-0.4, -0.2) is 10.1 Å². The number of nitrogens with zero attached hydrogens (tertiary/aromatic N) is 2. The summed E-state index contributed by atoms with van der Waals surface area (Å²) < 4.78 is 5.18. The average molecular weight is 280 g/mol. The van der Waals surface area contributed by atoms with Gasteiger partial charge in [0.25, 0.3) is 0 Å². The summed E-state index contributed by atoms with van der Waals surface area (Å²) in [6, 6.07) is 7.94. The summed E-state index contributed by atoms with van der Waals surface area (Å²) in [4.78, 5) is 4.31. The van der Waals surface area contributed by atoms with E-state index in [0.717, 1.165) is 29.3 Å². The van der Waals surface area contributed by atoms with Gasteiger partial charge in [-0.1, -0.05) is 41.9 Å². The van der Waals surface area contributed by atoms with Crippen molar-refractivity contribution in [1.82, 2.24) is 15.5 Å². The normalized spacial score (nSPS) is 12.6. The summed E-state index contributed by atoms with van der Waals surface area (Å²) in [5, 5.41) is 8.02. The monoisotopic (exact) mass is 279 g/mol. The van der Waals surface area contributed by atoms with E-state index in [1.807, 2.05) is 24.3 Å². The van der Waals surface area contributed by atoms with Crippen LogP contribution in [0.3, 0.4) is 0 Å². The molecule has 19 heavy (non-hydrogen) atoms. The zero-order valence-corrected chi connectivity index (χ0v) is 11.9. The van der Waals surface area contributed by atoms with Crippen molar-refractivity contribution >= 4 is 11.6 Å². The topological polar surface area (TPSA) is 51.0 Å². The number of aromatic nitrogens is 2. The first-order valence-electron chi connectivity index (χ1n) is 6.50. The molecule has 1 heterocycles. The van der Waals surface area contributed by atoms with Crippen LogP contribution < -0.4 is 5.32 Å². The standard InChI is InChI=1S/C14H18ClN3O/c1-3-6-13-17-14(19-18-13)9-16-10(2)11-7-4-5-8-12(11)15/h4-5,7-8,10,16H,3,6,9H2,1-2H3/t10-/m1/s1. The van der Waals surface area contributed by atoms with Crippen LogP contribution in [0.15, 0.2) is 28.8 Å². The summed E-state index contributed by atoms with van der Waals surface area (Å²) in [6.07, 6.45) is 1.87. The molecule has 0 saturated carbocycles. The fourth-order valence-corrected chi connectivity index (χ4v) is 2.16. The molecule has 0 aliphatic rings. The highest BCUT2D eigenvalue weighted by Crippen LogP contribution is 2.22. The number of nitrogens with one attached hydrogen (secondary N) is 1. The minimum absolute atomic E-state index is 0.134. The third kappa shape index (κ3) is 3.78. The van der Waals surface area contributed by atoms with Gasteiger partial charge >= 0.3 is 0 Å². The fourth-order valence-electron chi connectivity index (χ4n) is 1.86. The molecule has 0 amide bonds. The van der Waals surface area contributed by atoms with Crippen molar-refractivity contribution in [3.63, 3.8) is 0 Å². The van der Waals surface area contributed by atoms with Gasteiger partial charge < -0.3 is 9.84 Å². The molecule has 1 atom stereocenters. The van der Waals surface area contributed by atoms with E-state index in [2.05, 4.69) is 29.3 Å². The van der Waals surface area contributed by atoms with Crippen molar-refractivity contribution in [3.05, 3.63) is 46.6 Å². The molecule has 0 saturated heterocycles. The van der Waals surface area contributed by atoms with Crippen LogP contribution in [0.1, 0.15) is 43.6 Å². The molecule has 1 aromatic heterocycles. The second-order valence-corrected chi connectivity index (χ2v) is 4.89. The Hall–Kier alpha value is -1.39. The number of halogens is 1. The lowest BCUT2D eigenvalue weighted by Gasteiger charge is -2.13. The Morgan fingerprint density at radius 3 is 2.89 bits per heavy atom. The van der Waals surface area contributed by atoms with Crippen molar-refractivity contribution in [2.75, 3.05) is 0 Å². The lowest BCUT2D eigenvalue weighted by atomic mass is 10.1. The van der Waals surface area contributed by atoms with E-state index < -0.39 is 0 Å². The number of aryl methyl sites for hydroxylation is 1. The van der Waals surface area contributed by atoms with E-state index in [4.69, 9.17) is 16.1 Å². The number of rotatable bonds is 6. The Morgan fingerprint density at radius 1 is 1.37 bits per heavy atom. The van der Waals surface area contributed by atoms with E-state index in [9.17, 15) is 0 Å². The molecular formula is C14H18ClN3O. The van der Waals surface area contributed by atoms with Crippen molar-refractivity contribution in [2.45, 2.75) is 39.3 Å². The van der Waals surface area contributed by atoms with Crippen LogP contribution in [0.4, 0.5) is 0 Å². The van der Waals surface area contributed by atoms with Gasteiger partial charge in [-0.3, -0.25) is 0 Å². The van der Waals surface area contributed by atoms with Crippen molar-refractivity contribution in [3.8, 4) is 0 Å². The minimum Gasteiger partial charge on any atom is -0.338 e. The van der Waals surface area contributed by atoms with Crippen molar-refractivity contribution < 1.29 is 4.52 Å². The Bertz CT molecular complexity index is 527. The van der Waals surface area contributed by atoms with Gasteiger partial charge in [0, 0.05) is 17.5 Å². The highest BCUT2D eigenvalue weighted by atomic mass is 35.5. The summed E-state index contributed by atoms with van der Waals surface area (Å²) in [5.41, 5.74) is 1.07. The highest BCUT2D eigenvalue weighted by Gasteiger charge is 2.11. The largest absolute Gasteiger partial charge is 0.338 e. The van der Waals surface area contributed by atoms with Gasteiger partial charge in [0.2, 0.25) is 5.89 Å². The zero-order valence-electron chi connectivity index (χ0n) is 11.2. The first-order chi connectivity index (χ1) is 9.20.